The van der Waals surface area contributed by atoms with Crippen LogP contribution >= 0.6 is 27.3 Å². The van der Waals surface area contributed by atoms with Crippen LogP contribution in [0.15, 0.2) is 9.98 Å². The summed E-state index contributed by atoms with van der Waals surface area (Å²) in [5, 5.41) is 15.7. The van der Waals surface area contributed by atoms with Gasteiger partial charge in [0.15, 0.2) is 5.13 Å². The first-order valence-corrected chi connectivity index (χ1v) is 6.27. The molecule has 0 aliphatic heterocycles. The fourth-order valence-corrected chi connectivity index (χ4v) is 2.15. The van der Waals surface area contributed by atoms with E-state index in [9.17, 15) is 5.11 Å². The number of halogens is 1. The number of ether oxygens (including phenoxy) is 1. The van der Waals surface area contributed by atoms with Gasteiger partial charge in [-0.05, 0) is 22.9 Å². The van der Waals surface area contributed by atoms with Gasteiger partial charge in [0, 0.05) is 32.1 Å². The smallest absolute Gasteiger partial charge is 0.183 e. The number of thiazole rings is 1. The van der Waals surface area contributed by atoms with Gasteiger partial charge >= 0.3 is 0 Å². The number of rotatable bonds is 6. The molecule has 1 rings (SSSR count). The summed E-state index contributed by atoms with van der Waals surface area (Å²) in [4.78, 5) is 4.18. The van der Waals surface area contributed by atoms with E-state index >= 15 is 0 Å². The standard InChI is InChI=1S/C9H15BrN2O2S/c1-9(13,3-4-14-2)6-11-8-12-7(10)5-15-8/h5,13H,3-4,6H2,1-2H3,(H,11,12). The summed E-state index contributed by atoms with van der Waals surface area (Å²) in [5.41, 5.74) is -0.770. The Bertz CT molecular complexity index is 304. The molecule has 1 atom stereocenters. The topological polar surface area (TPSA) is 54.4 Å². The van der Waals surface area contributed by atoms with E-state index in [1.54, 1.807) is 14.0 Å². The number of nitrogens with one attached hydrogen (secondary N) is 1. The van der Waals surface area contributed by atoms with Gasteiger partial charge < -0.3 is 15.2 Å². The highest BCUT2D eigenvalue weighted by Gasteiger charge is 2.19. The van der Waals surface area contributed by atoms with E-state index in [2.05, 4.69) is 26.2 Å². The second kappa shape index (κ2) is 5.79. The molecular weight excluding hydrogens is 280 g/mol. The highest BCUT2D eigenvalue weighted by molar-refractivity contribution is 9.10. The van der Waals surface area contributed by atoms with Gasteiger partial charge in [0.25, 0.3) is 0 Å². The number of hydrogen-bond donors (Lipinski definition) is 2. The number of hydrogen-bond acceptors (Lipinski definition) is 5. The Morgan fingerprint density at radius 2 is 2.47 bits per heavy atom. The average Bonchev–Trinajstić information content (AvgIpc) is 2.59. The molecular formula is C9H15BrN2O2S. The van der Waals surface area contributed by atoms with Crippen LogP contribution in [0.4, 0.5) is 5.13 Å². The molecule has 1 unspecified atom stereocenters. The molecule has 0 radical (unpaired) electrons. The van der Waals surface area contributed by atoms with Crippen LogP contribution in [0.3, 0.4) is 0 Å². The van der Waals surface area contributed by atoms with Gasteiger partial charge in [-0.15, -0.1) is 11.3 Å². The fourth-order valence-electron chi connectivity index (χ4n) is 1.01. The lowest BCUT2D eigenvalue weighted by atomic mass is 10.0. The summed E-state index contributed by atoms with van der Waals surface area (Å²) in [5.74, 6) is 0. The molecule has 15 heavy (non-hydrogen) atoms. The third-order valence-electron chi connectivity index (χ3n) is 1.94. The van der Waals surface area contributed by atoms with Crippen molar-refractivity contribution in [2.75, 3.05) is 25.6 Å². The Labute approximate surface area is 102 Å². The van der Waals surface area contributed by atoms with Crippen LogP contribution in [0.2, 0.25) is 0 Å². The minimum atomic E-state index is -0.770. The number of anilines is 1. The Hall–Kier alpha value is -0.170. The molecule has 0 aliphatic rings. The third kappa shape index (κ3) is 4.92. The number of methoxy groups -OCH3 is 1. The molecule has 0 spiro atoms. The molecule has 6 heteroatoms. The van der Waals surface area contributed by atoms with Crippen LogP contribution in [0.25, 0.3) is 0 Å². The second-order valence-corrected chi connectivity index (χ2v) is 5.24. The van der Waals surface area contributed by atoms with E-state index in [1.807, 2.05) is 5.38 Å². The van der Waals surface area contributed by atoms with Gasteiger partial charge in [0.05, 0.1) is 5.60 Å². The summed E-state index contributed by atoms with van der Waals surface area (Å²) >= 11 is 4.77. The van der Waals surface area contributed by atoms with Gasteiger partial charge in [-0.3, -0.25) is 0 Å². The summed E-state index contributed by atoms with van der Waals surface area (Å²) in [6.45, 7) is 2.80. The molecule has 0 fully saturated rings. The van der Waals surface area contributed by atoms with Gasteiger partial charge in [0.1, 0.15) is 4.60 Å². The lowest BCUT2D eigenvalue weighted by Crippen LogP contribution is -2.34. The van der Waals surface area contributed by atoms with Gasteiger partial charge in [0.2, 0.25) is 0 Å². The lowest BCUT2D eigenvalue weighted by molar-refractivity contribution is 0.0357. The van der Waals surface area contributed by atoms with E-state index in [0.717, 1.165) is 9.73 Å². The Morgan fingerprint density at radius 3 is 3.00 bits per heavy atom. The Morgan fingerprint density at radius 1 is 1.73 bits per heavy atom. The van der Waals surface area contributed by atoms with Crippen molar-refractivity contribution in [1.29, 1.82) is 0 Å². The van der Waals surface area contributed by atoms with Crippen LogP contribution in [0.5, 0.6) is 0 Å². The Balaban J connectivity index is 2.35. The minimum absolute atomic E-state index is 0.469. The monoisotopic (exact) mass is 294 g/mol. The van der Waals surface area contributed by atoms with Crippen molar-refractivity contribution >= 4 is 32.4 Å². The van der Waals surface area contributed by atoms with E-state index in [1.165, 1.54) is 11.3 Å². The minimum Gasteiger partial charge on any atom is -0.388 e. The van der Waals surface area contributed by atoms with E-state index in [0.29, 0.717) is 19.6 Å². The summed E-state index contributed by atoms with van der Waals surface area (Å²) in [6.07, 6.45) is 0.600. The Kier molecular flexibility index (Phi) is 4.98. The van der Waals surface area contributed by atoms with Crippen molar-refractivity contribution < 1.29 is 9.84 Å². The first kappa shape index (κ1) is 12.9. The molecule has 86 valence electrons. The predicted molar refractivity (Wildman–Crippen MR) is 65.4 cm³/mol. The zero-order valence-corrected chi connectivity index (χ0v) is 11.2. The summed E-state index contributed by atoms with van der Waals surface area (Å²) in [6, 6.07) is 0. The lowest BCUT2D eigenvalue weighted by Gasteiger charge is -2.22. The van der Waals surface area contributed by atoms with Crippen LogP contribution in [0.1, 0.15) is 13.3 Å². The van der Waals surface area contributed by atoms with Crippen molar-refractivity contribution in [2.24, 2.45) is 0 Å². The molecule has 0 saturated carbocycles. The van der Waals surface area contributed by atoms with Gasteiger partial charge in [-0.2, -0.15) is 0 Å². The molecule has 0 amide bonds. The maximum Gasteiger partial charge on any atom is 0.183 e. The van der Waals surface area contributed by atoms with Crippen LogP contribution in [-0.4, -0.2) is 36.0 Å². The number of aliphatic hydroxyl groups is 1. The average molecular weight is 295 g/mol. The molecule has 0 aromatic carbocycles. The fraction of sp³-hybridized carbons (Fsp3) is 0.667. The van der Waals surface area contributed by atoms with Crippen LogP contribution in [0, 0.1) is 0 Å². The molecule has 2 N–H and O–H groups in total. The van der Waals surface area contributed by atoms with Crippen LogP contribution in [-0.2, 0) is 4.74 Å². The van der Waals surface area contributed by atoms with E-state index in [4.69, 9.17) is 4.74 Å². The van der Waals surface area contributed by atoms with E-state index in [-0.39, 0.29) is 0 Å². The molecule has 4 nitrogen and oxygen atoms in total. The van der Waals surface area contributed by atoms with Gasteiger partial charge in [-0.25, -0.2) is 4.98 Å². The largest absolute Gasteiger partial charge is 0.388 e. The number of nitrogens with zero attached hydrogens (tertiary/aromatic N) is 1. The van der Waals surface area contributed by atoms with Crippen molar-refractivity contribution in [3.63, 3.8) is 0 Å². The zero-order chi connectivity index (χ0) is 11.3. The first-order chi connectivity index (χ1) is 7.03. The summed E-state index contributed by atoms with van der Waals surface area (Å²) < 4.78 is 5.74. The maximum absolute atomic E-state index is 9.94. The predicted octanol–water partition coefficient (Wildman–Crippen LogP) is 2.10. The third-order valence-corrected chi connectivity index (χ3v) is 3.45. The highest BCUT2D eigenvalue weighted by atomic mass is 79.9. The van der Waals surface area contributed by atoms with Crippen molar-refractivity contribution in [1.82, 2.24) is 4.98 Å². The van der Waals surface area contributed by atoms with Gasteiger partial charge in [-0.1, -0.05) is 0 Å². The molecule has 1 heterocycles. The molecule has 0 aliphatic carbocycles. The zero-order valence-electron chi connectivity index (χ0n) is 8.79. The first-order valence-electron chi connectivity index (χ1n) is 4.60. The van der Waals surface area contributed by atoms with E-state index < -0.39 is 5.60 Å². The maximum atomic E-state index is 9.94. The SMILES string of the molecule is COCCC(C)(O)CNc1nc(Br)cs1. The van der Waals surface area contributed by atoms with Crippen molar-refractivity contribution in [3.05, 3.63) is 9.98 Å². The molecule has 0 bridgehead atoms. The van der Waals surface area contributed by atoms with Crippen molar-refractivity contribution in [3.8, 4) is 0 Å². The quantitative estimate of drug-likeness (QED) is 0.844. The summed E-state index contributed by atoms with van der Waals surface area (Å²) in [7, 11) is 1.63. The molecule has 1 aromatic rings. The van der Waals surface area contributed by atoms with Crippen molar-refractivity contribution in [2.45, 2.75) is 18.9 Å². The highest BCUT2D eigenvalue weighted by Crippen LogP contribution is 2.20. The van der Waals surface area contributed by atoms with Crippen LogP contribution < -0.4 is 5.32 Å². The second-order valence-electron chi connectivity index (χ2n) is 3.57. The normalized spacial score (nSPS) is 14.9. The molecule has 0 saturated heterocycles. The number of aromatic nitrogens is 1. The molecule has 1 aromatic heterocycles.